The number of aliphatic hydroxyl groups excluding tert-OH is 1. The number of fused-ring (bicyclic) bond motifs is 2. The van der Waals surface area contributed by atoms with Crippen molar-refractivity contribution >= 4 is 65.9 Å². The number of anilines is 2. The Bertz CT molecular complexity index is 1970. The highest BCUT2D eigenvalue weighted by atomic mass is 35.5. The Kier molecular flexibility index (Phi) is 8.71. The van der Waals surface area contributed by atoms with Crippen molar-refractivity contribution in [3.8, 4) is 11.5 Å². The van der Waals surface area contributed by atoms with Crippen LogP contribution in [0.2, 0.25) is 5.02 Å². The Morgan fingerprint density at radius 2 is 1.81 bits per heavy atom. The summed E-state index contributed by atoms with van der Waals surface area (Å²) in [5.74, 6) is 1.92. The average molecular weight is 624 g/mol. The van der Waals surface area contributed by atoms with Gasteiger partial charge in [-0.15, -0.1) is 0 Å². The predicted octanol–water partition coefficient (Wildman–Crippen LogP) is 6.77. The van der Waals surface area contributed by atoms with Crippen LogP contribution >= 0.6 is 23.1 Å². The van der Waals surface area contributed by atoms with Crippen LogP contribution in [-0.2, 0) is 16.7 Å². The topological polar surface area (TPSA) is 139 Å². The van der Waals surface area contributed by atoms with E-state index >= 15 is 0 Å². The normalized spacial score (nSPS) is 11.4. The molecule has 0 amide bonds. The van der Waals surface area contributed by atoms with Gasteiger partial charge in [0.2, 0.25) is 0 Å². The van der Waals surface area contributed by atoms with Crippen LogP contribution in [0.1, 0.15) is 11.3 Å². The van der Waals surface area contributed by atoms with Gasteiger partial charge in [0.1, 0.15) is 23.3 Å². The monoisotopic (exact) mass is 623 g/mol. The Morgan fingerprint density at radius 3 is 2.52 bits per heavy atom. The van der Waals surface area contributed by atoms with Crippen molar-refractivity contribution < 1.29 is 22.8 Å². The number of aryl methyl sites for hydroxylation is 2. The summed E-state index contributed by atoms with van der Waals surface area (Å²) in [5.41, 5.74) is 4.27. The molecule has 0 saturated carbocycles. The highest BCUT2D eigenvalue weighted by Crippen LogP contribution is 2.38. The lowest BCUT2D eigenvalue weighted by Gasteiger charge is -2.13. The minimum absolute atomic E-state index is 0.0296. The maximum absolute atomic E-state index is 10.5. The Labute approximate surface area is 251 Å². The second kappa shape index (κ2) is 12.4. The van der Waals surface area contributed by atoms with Crippen LogP contribution in [0.5, 0.6) is 11.5 Å². The van der Waals surface area contributed by atoms with Gasteiger partial charge in [0.05, 0.1) is 37.8 Å². The summed E-state index contributed by atoms with van der Waals surface area (Å²) in [6.45, 7) is 4.30. The van der Waals surface area contributed by atoms with Crippen LogP contribution in [0.3, 0.4) is 0 Å². The fourth-order valence-electron chi connectivity index (χ4n) is 4.24. The van der Waals surface area contributed by atoms with Crippen molar-refractivity contribution in [3.05, 3.63) is 95.5 Å². The standard InChI is InChI=1S/C22H18ClN5O2S.C7H8O3S/c1-13-20-18(3-2-4-19(20)31-27-13)30-17-6-5-14(11-15(17)23)26-22-21-16(24-12-25-22)7-8-28(21)9-10-29;1-6-2-4-7(5-3-6)11(8,9)10/h2-8,11-12,29H,9-10H2,1H3,(H,24,25,26);2-5H,1H3,(H,8,9,10). The molecular formula is C29H26ClN5O5S2. The molecule has 0 radical (unpaired) electrons. The van der Waals surface area contributed by atoms with Gasteiger partial charge in [0.15, 0.2) is 5.82 Å². The van der Waals surface area contributed by atoms with Crippen molar-refractivity contribution in [2.45, 2.75) is 25.3 Å². The first-order valence-corrected chi connectivity index (χ1v) is 15.3. The lowest BCUT2D eigenvalue weighted by Crippen LogP contribution is -2.04. The van der Waals surface area contributed by atoms with Crippen LogP contribution in [0, 0.1) is 13.8 Å². The van der Waals surface area contributed by atoms with E-state index in [0.29, 0.717) is 23.1 Å². The van der Waals surface area contributed by atoms with Gasteiger partial charge in [0.25, 0.3) is 10.1 Å². The molecule has 6 rings (SSSR count). The summed E-state index contributed by atoms with van der Waals surface area (Å²) >= 11 is 7.99. The summed E-state index contributed by atoms with van der Waals surface area (Å²) in [6.07, 6.45) is 3.39. The van der Waals surface area contributed by atoms with Crippen molar-refractivity contribution in [1.82, 2.24) is 18.9 Å². The Balaban J connectivity index is 0.000000271. The molecule has 216 valence electrons. The van der Waals surface area contributed by atoms with Crippen molar-refractivity contribution in [1.29, 1.82) is 0 Å². The summed E-state index contributed by atoms with van der Waals surface area (Å²) in [6, 6.07) is 19.3. The van der Waals surface area contributed by atoms with E-state index in [1.165, 1.54) is 30.0 Å². The highest BCUT2D eigenvalue weighted by molar-refractivity contribution is 7.85. The van der Waals surface area contributed by atoms with Crippen molar-refractivity contribution in [2.24, 2.45) is 0 Å². The summed E-state index contributed by atoms with van der Waals surface area (Å²) < 4.78 is 43.1. The fraction of sp³-hybridized carbons (Fsp3) is 0.138. The van der Waals surface area contributed by atoms with E-state index in [1.54, 1.807) is 18.2 Å². The molecule has 3 aromatic heterocycles. The zero-order chi connectivity index (χ0) is 29.9. The number of nitrogens with zero attached hydrogens (tertiary/aromatic N) is 4. The summed E-state index contributed by atoms with van der Waals surface area (Å²) in [4.78, 5) is 8.59. The third kappa shape index (κ3) is 6.53. The van der Waals surface area contributed by atoms with Gasteiger partial charge in [-0.2, -0.15) is 12.8 Å². The Morgan fingerprint density at radius 1 is 1.02 bits per heavy atom. The first-order chi connectivity index (χ1) is 20.1. The molecule has 0 bridgehead atoms. The molecular weight excluding hydrogens is 598 g/mol. The largest absolute Gasteiger partial charge is 0.455 e. The lowest BCUT2D eigenvalue weighted by molar-refractivity contribution is 0.278. The zero-order valence-corrected chi connectivity index (χ0v) is 24.9. The second-order valence-corrected chi connectivity index (χ2v) is 11.9. The van der Waals surface area contributed by atoms with E-state index in [-0.39, 0.29) is 11.5 Å². The molecule has 3 heterocycles. The van der Waals surface area contributed by atoms with Gasteiger partial charge in [-0.1, -0.05) is 35.4 Å². The molecule has 0 atom stereocenters. The molecule has 10 nitrogen and oxygen atoms in total. The van der Waals surface area contributed by atoms with Crippen LogP contribution < -0.4 is 10.1 Å². The maximum Gasteiger partial charge on any atom is 0.294 e. The molecule has 0 unspecified atom stereocenters. The van der Waals surface area contributed by atoms with E-state index in [0.717, 1.165) is 43.8 Å². The smallest absolute Gasteiger partial charge is 0.294 e. The number of aliphatic hydroxyl groups is 1. The molecule has 3 N–H and O–H groups in total. The molecule has 42 heavy (non-hydrogen) atoms. The molecule has 0 saturated heterocycles. The third-order valence-electron chi connectivity index (χ3n) is 6.26. The van der Waals surface area contributed by atoms with Crippen LogP contribution in [0.25, 0.3) is 21.1 Å². The molecule has 0 fully saturated rings. The van der Waals surface area contributed by atoms with E-state index in [1.807, 2.05) is 61.0 Å². The van der Waals surface area contributed by atoms with Gasteiger partial charge >= 0.3 is 0 Å². The quantitative estimate of drug-likeness (QED) is 0.164. The van der Waals surface area contributed by atoms with Crippen molar-refractivity contribution in [3.63, 3.8) is 0 Å². The summed E-state index contributed by atoms with van der Waals surface area (Å²) in [7, 11) is -4.02. The molecule has 0 spiro atoms. The minimum atomic E-state index is -4.02. The molecule has 3 aromatic carbocycles. The second-order valence-electron chi connectivity index (χ2n) is 9.25. The SMILES string of the molecule is Cc1ccc(S(=O)(=O)O)cc1.Cc1nsc2cccc(Oc3ccc(Nc4ncnc5ccn(CCO)c45)cc3Cl)c12. The van der Waals surface area contributed by atoms with E-state index < -0.39 is 10.1 Å². The molecule has 0 aliphatic rings. The number of aromatic nitrogens is 4. The highest BCUT2D eigenvalue weighted by Gasteiger charge is 2.13. The van der Waals surface area contributed by atoms with Gasteiger partial charge in [0, 0.05) is 18.4 Å². The molecule has 6 aromatic rings. The molecule has 0 aliphatic carbocycles. The minimum Gasteiger partial charge on any atom is -0.455 e. The lowest BCUT2D eigenvalue weighted by atomic mass is 10.2. The van der Waals surface area contributed by atoms with Crippen molar-refractivity contribution in [2.75, 3.05) is 11.9 Å². The van der Waals surface area contributed by atoms with E-state index in [9.17, 15) is 13.5 Å². The van der Waals surface area contributed by atoms with Crippen LogP contribution in [0.4, 0.5) is 11.5 Å². The third-order valence-corrected chi connectivity index (χ3v) is 8.32. The first kappa shape index (κ1) is 29.4. The molecule has 0 aliphatic heterocycles. The zero-order valence-electron chi connectivity index (χ0n) is 22.5. The number of hydrogen-bond donors (Lipinski definition) is 3. The van der Waals surface area contributed by atoms with E-state index in [2.05, 4.69) is 19.7 Å². The van der Waals surface area contributed by atoms with Gasteiger partial charge in [-0.3, -0.25) is 4.55 Å². The number of nitrogens with one attached hydrogen (secondary N) is 1. The Hall–Kier alpha value is -4.07. The molecule has 13 heteroatoms. The van der Waals surface area contributed by atoms with Crippen LogP contribution in [-0.4, -0.2) is 43.6 Å². The van der Waals surface area contributed by atoms with E-state index in [4.69, 9.17) is 20.9 Å². The maximum atomic E-state index is 10.5. The van der Waals surface area contributed by atoms with Gasteiger partial charge in [-0.05, 0) is 73.9 Å². The number of ether oxygens (including phenoxy) is 1. The number of halogens is 1. The van der Waals surface area contributed by atoms with Crippen LogP contribution in [0.15, 0.2) is 84.1 Å². The van der Waals surface area contributed by atoms with Gasteiger partial charge < -0.3 is 19.7 Å². The van der Waals surface area contributed by atoms with Gasteiger partial charge in [-0.25, -0.2) is 9.97 Å². The first-order valence-electron chi connectivity index (χ1n) is 12.7. The number of benzene rings is 3. The number of rotatable bonds is 7. The fourth-order valence-corrected chi connectivity index (χ4v) is 5.74. The summed E-state index contributed by atoms with van der Waals surface area (Å²) in [5, 5.41) is 14.1. The number of hydrogen-bond acceptors (Lipinski definition) is 9. The average Bonchev–Trinajstić information content (AvgIpc) is 3.55. The predicted molar refractivity (Wildman–Crippen MR) is 165 cm³/mol.